The molecule has 10 nitrogen and oxygen atoms in total. The Hall–Kier alpha value is -1.12. The van der Waals surface area contributed by atoms with E-state index in [4.69, 9.17) is 19.6 Å². The molecule has 1 atom stereocenters. The van der Waals surface area contributed by atoms with Gasteiger partial charge in [0.15, 0.2) is 5.85 Å². The Morgan fingerprint density at radius 3 is 1.89 bits per heavy atom. The molecule has 0 aliphatic heterocycles. The number of hydrogen-bond acceptors (Lipinski definition) is 5. The third kappa shape index (κ3) is 4.81. The standard InChI is InChI=1S/C7H9NO9P2/c9-8(10)6-3-1-5(2-4-6)7(18(11,12)13)17-19(14,15)16/h1-4,7H,(H2,11,12,13)(H2,14,15,16). The van der Waals surface area contributed by atoms with Crippen molar-refractivity contribution in [3.8, 4) is 0 Å². The summed E-state index contributed by atoms with van der Waals surface area (Å²) in [4.78, 5) is 44.8. The molecule has 19 heavy (non-hydrogen) atoms. The van der Waals surface area contributed by atoms with Crippen LogP contribution in [0.1, 0.15) is 11.4 Å². The summed E-state index contributed by atoms with van der Waals surface area (Å²) >= 11 is 0. The minimum absolute atomic E-state index is 0.290. The van der Waals surface area contributed by atoms with E-state index in [1.165, 1.54) is 0 Å². The zero-order valence-electron chi connectivity index (χ0n) is 9.06. The second-order valence-corrected chi connectivity index (χ2v) is 6.23. The van der Waals surface area contributed by atoms with Crippen LogP contribution in [0.15, 0.2) is 24.3 Å². The van der Waals surface area contributed by atoms with Gasteiger partial charge < -0.3 is 19.6 Å². The maximum atomic E-state index is 11.1. The fourth-order valence-corrected chi connectivity index (χ4v) is 3.01. The lowest BCUT2D eigenvalue weighted by Gasteiger charge is -2.19. The summed E-state index contributed by atoms with van der Waals surface area (Å²) in [6, 6.07) is 3.75. The van der Waals surface area contributed by atoms with Gasteiger partial charge in [0, 0.05) is 12.1 Å². The van der Waals surface area contributed by atoms with E-state index in [0.717, 1.165) is 24.3 Å². The molecular weight excluding hydrogens is 304 g/mol. The summed E-state index contributed by atoms with van der Waals surface area (Å²) in [5, 5.41) is 10.4. The van der Waals surface area contributed by atoms with Crippen LogP contribution >= 0.6 is 15.4 Å². The molecule has 0 saturated carbocycles. The maximum absolute atomic E-state index is 11.1. The van der Waals surface area contributed by atoms with Gasteiger partial charge in [-0.15, -0.1) is 0 Å². The molecule has 1 aromatic carbocycles. The number of non-ortho nitro benzene ring substituents is 1. The molecule has 0 heterocycles. The average Bonchev–Trinajstić information content (AvgIpc) is 2.23. The summed E-state index contributed by atoms with van der Waals surface area (Å²) in [6.07, 6.45) is 0. The number of phosphoric ester groups is 1. The monoisotopic (exact) mass is 313 g/mol. The first-order chi connectivity index (χ1) is 8.50. The molecule has 0 saturated heterocycles. The Bertz CT molecular complexity index is 558. The largest absolute Gasteiger partial charge is 0.470 e. The molecule has 0 radical (unpaired) electrons. The Morgan fingerprint density at radius 2 is 1.58 bits per heavy atom. The Morgan fingerprint density at radius 1 is 1.11 bits per heavy atom. The summed E-state index contributed by atoms with van der Waals surface area (Å²) in [5.74, 6) is -2.20. The van der Waals surface area contributed by atoms with Crippen molar-refractivity contribution in [2.75, 3.05) is 0 Å². The van der Waals surface area contributed by atoms with Crippen LogP contribution in [0.3, 0.4) is 0 Å². The predicted molar refractivity (Wildman–Crippen MR) is 61.0 cm³/mol. The molecule has 0 spiro atoms. The molecule has 1 rings (SSSR count). The Kier molecular flexibility index (Phi) is 4.59. The van der Waals surface area contributed by atoms with Crippen LogP contribution in [0.25, 0.3) is 0 Å². The molecule has 1 aromatic rings. The first-order valence-corrected chi connectivity index (χ1v) is 7.75. The molecule has 106 valence electrons. The molecule has 0 fully saturated rings. The van der Waals surface area contributed by atoms with Crippen molar-refractivity contribution in [1.29, 1.82) is 0 Å². The van der Waals surface area contributed by atoms with Crippen molar-refractivity contribution in [3.05, 3.63) is 39.9 Å². The van der Waals surface area contributed by atoms with E-state index >= 15 is 0 Å². The van der Waals surface area contributed by atoms with E-state index in [1.807, 2.05) is 0 Å². The van der Waals surface area contributed by atoms with Crippen molar-refractivity contribution in [1.82, 2.24) is 0 Å². The average molecular weight is 313 g/mol. The number of benzene rings is 1. The fraction of sp³-hybridized carbons (Fsp3) is 0.143. The van der Waals surface area contributed by atoms with Gasteiger partial charge in [-0.05, 0) is 17.7 Å². The highest BCUT2D eigenvalue weighted by molar-refractivity contribution is 7.53. The summed E-state index contributed by atoms with van der Waals surface area (Å²) in [5.41, 5.74) is -0.633. The molecule has 0 bridgehead atoms. The fourth-order valence-electron chi connectivity index (χ4n) is 1.21. The number of nitro groups is 1. The molecule has 12 heteroatoms. The van der Waals surface area contributed by atoms with Crippen molar-refractivity contribution < 1.29 is 38.2 Å². The highest BCUT2D eigenvalue weighted by Crippen LogP contribution is 2.58. The Balaban J connectivity index is 3.15. The Labute approximate surface area is 106 Å². The van der Waals surface area contributed by atoms with Crippen molar-refractivity contribution >= 4 is 21.1 Å². The molecule has 4 N–H and O–H groups in total. The molecule has 0 aliphatic rings. The minimum Gasteiger partial charge on any atom is -0.322 e. The lowest BCUT2D eigenvalue weighted by molar-refractivity contribution is -0.384. The summed E-state index contributed by atoms with van der Waals surface area (Å²) in [7, 11) is -10.2. The minimum atomic E-state index is -5.14. The zero-order chi connectivity index (χ0) is 14.8. The quantitative estimate of drug-likeness (QED) is 0.350. The van der Waals surface area contributed by atoms with Crippen molar-refractivity contribution in [3.63, 3.8) is 0 Å². The van der Waals surface area contributed by atoms with Crippen LogP contribution in [0.5, 0.6) is 0 Å². The van der Waals surface area contributed by atoms with Gasteiger partial charge in [-0.2, -0.15) is 0 Å². The van der Waals surface area contributed by atoms with E-state index in [2.05, 4.69) is 4.52 Å². The number of hydrogen-bond donors (Lipinski definition) is 4. The first kappa shape index (κ1) is 15.9. The number of nitro benzene ring substituents is 1. The van der Waals surface area contributed by atoms with Gasteiger partial charge in [0.2, 0.25) is 0 Å². The van der Waals surface area contributed by atoms with Gasteiger partial charge >= 0.3 is 15.4 Å². The van der Waals surface area contributed by atoms with Crippen molar-refractivity contribution in [2.45, 2.75) is 5.85 Å². The van der Waals surface area contributed by atoms with Crippen LogP contribution in [0, 0.1) is 10.1 Å². The van der Waals surface area contributed by atoms with Gasteiger partial charge in [-0.3, -0.25) is 19.2 Å². The first-order valence-electron chi connectivity index (χ1n) is 4.54. The van der Waals surface area contributed by atoms with Crippen LogP contribution < -0.4 is 0 Å². The van der Waals surface area contributed by atoms with Gasteiger partial charge in [-0.1, -0.05) is 0 Å². The van der Waals surface area contributed by atoms with Gasteiger partial charge in [0.1, 0.15) is 0 Å². The summed E-state index contributed by atoms with van der Waals surface area (Å²) in [6.45, 7) is 0. The lowest BCUT2D eigenvalue weighted by atomic mass is 10.2. The van der Waals surface area contributed by atoms with Crippen molar-refractivity contribution in [2.24, 2.45) is 0 Å². The number of phosphoric acid groups is 1. The van der Waals surface area contributed by atoms with Crippen LogP contribution in [0.4, 0.5) is 5.69 Å². The molecule has 0 aliphatic carbocycles. The zero-order valence-corrected chi connectivity index (χ0v) is 10.8. The second-order valence-electron chi connectivity index (χ2n) is 3.39. The van der Waals surface area contributed by atoms with Gasteiger partial charge in [0.25, 0.3) is 5.69 Å². The molecular formula is C7H9NO9P2. The third-order valence-corrected chi connectivity index (χ3v) is 3.60. The van der Waals surface area contributed by atoms with Gasteiger partial charge in [0.05, 0.1) is 4.92 Å². The molecule has 0 amide bonds. The topological polar surface area (TPSA) is 167 Å². The molecule has 0 aromatic heterocycles. The number of rotatable bonds is 5. The second kappa shape index (κ2) is 5.48. The highest BCUT2D eigenvalue weighted by atomic mass is 31.2. The number of nitrogens with zero attached hydrogens (tertiary/aromatic N) is 1. The normalized spacial score (nSPS) is 14.1. The molecule has 1 unspecified atom stereocenters. The third-order valence-electron chi connectivity index (χ3n) is 1.93. The summed E-state index contributed by atoms with van der Waals surface area (Å²) < 4.78 is 25.8. The van der Waals surface area contributed by atoms with E-state index in [1.54, 1.807) is 0 Å². The maximum Gasteiger partial charge on any atom is 0.470 e. The van der Waals surface area contributed by atoms with Crippen LogP contribution in [-0.4, -0.2) is 24.5 Å². The van der Waals surface area contributed by atoms with E-state index < -0.39 is 26.2 Å². The lowest BCUT2D eigenvalue weighted by Crippen LogP contribution is -2.04. The smallest absolute Gasteiger partial charge is 0.322 e. The predicted octanol–water partition coefficient (Wildman–Crippen LogP) is 0.880. The van der Waals surface area contributed by atoms with Gasteiger partial charge in [-0.25, -0.2) is 4.57 Å². The SMILES string of the molecule is O=[N+]([O-])c1ccc(C(OP(=O)(O)O)P(=O)(O)O)cc1. The highest BCUT2D eigenvalue weighted by Gasteiger charge is 2.37. The van der Waals surface area contributed by atoms with Crippen LogP contribution in [0.2, 0.25) is 0 Å². The van der Waals surface area contributed by atoms with Crippen LogP contribution in [-0.2, 0) is 13.7 Å². The van der Waals surface area contributed by atoms with E-state index in [0.29, 0.717) is 0 Å². The van der Waals surface area contributed by atoms with E-state index in [-0.39, 0.29) is 11.3 Å². The van der Waals surface area contributed by atoms with E-state index in [9.17, 15) is 19.2 Å².